The first-order valence-corrected chi connectivity index (χ1v) is 15.2. The normalized spacial score (nSPS) is 28.0. The number of nitrogens with zero attached hydrogens (tertiary/aromatic N) is 4. The second-order valence-corrected chi connectivity index (χ2v) is 13.3. The second-order valence-electron chi connectivity index (χ2n) is 12.9. The van der Waals surface area contributed by atoms with Crippen LogP contribution in [0.2, 0.25) is 5.02 Å². The number of nitrogens with one attached hydrogen (secondary N) is 1. The zero-order chi connectivity index (χ0) is 29.3. The highest BCUT2D eigenvalue weighted by atomic mass is 35.5. The topological polar surface area (TPSA) is 73.8 Å². The van der Waals surface area contributed by atoms with Gasteiger partial charge in [0.25, 0.3) is 0 Å². The summed E-state index contributed by atoms with van der Waals surface area (Å²) in [6.45, 7) is 4.29. The highest BCUT2D eigenvalue weighted by Crippen LogP contribution is 2.50. The van der Waals surface area contributed by atoms with Gasteiger partial charge in [0.05, 0.1) is 5.56 Å². The standard InChI is InChI=1S/C31H35ClF3N5O2/c1-31(14-39(2)8-7-24(31)34)15-42-30-37-28-21(29(38-30)40-12-17-5-6-18(13-40)36-17)11-23(33)26(27(28)35)20-9-19(41)10-22(32)25(20)16-3-4-16/h9-11,16-18,24,36,41H,3-8,12-15H2,1-2H3/t17-,18+,24?,31?. The lowest BCUT2D eigenvalue weighted by atomic mass is 9.81. The predicted molar refractivity (Wildman–Crippen MR) is 156 cm³/mol. The van der Waals surface area contributed by atoms with Gasteiger partial charge in [-0.1, -0.05) is 18.5 Å². The molecule has 2 N–H and O–H groups in total. The van der Waals surface area contributed by atoms with Crippen LogP contribution in [0.5, 0.6) is 11.8 Å². The maximum Gasteiger partial charge on any atom is 0.319 e. The van der Waals surface area contributed by atoms with Gasteiger partial charge in [0.15, 0.2) is 5.82 Å². The molecule has 2 bridgehead atoms. The summed E-state index contributed by atoms with van der Waals surface area (Å²) >= 11 is 6.48. The Labute approximate surface area is 248 Å². The van der Waals surface area contributed by atoms with Crippen LogP contribution in [0, 0.1) is 17.0 Å². The number of piperazine rings is 1. The molecule has 4 aliphatic rings. The minimum absolute atomic E-state index is 0.0138. The van der Waals surface area contributed by atoms with E-state index in [-0.39, 0.29) is 63.4 Å². The molecule has 0 amide bonds. The van der Waals surface area contributed by atoms with Crippen LogP contribution in [0.25, 0.3) is 22.0 Å². The number of phenolic OH excluding ortho intramolecular Hbond substituents is 1. The molecule has 7 nitrogen and oxygen atoms in total. The zero-order valence-electron chi connectivity index (χ0n) is 23.8. The number of alkyl halides is 1. The molecular formula is C31H35ClF3N5O2. The van der Waals surface area contributed by atoms with Crippen molar-refractivity contribution in [3.05, 3.63) is 40.4 Å². The minimum atomic E-state index is -1.06. The Morgan fingerprint density at radius 1 is 1.10 bits per heavy atom. The number of aromatic nitrogens is 2. The zero-order valence-corrected chi connectivity index (χ0v) is 24.5. The summed E-state index contributed by atoms with van der Waals surface area (Å²) in [6.07, 6.45) is 3.09. The van der Waals surface area contributed by atoms with Crippen LogP contribution in [0.3, 0.4) is 0 Å². The highest BCUT2D eigenvalue weighted by Gasteiger charge is 2.41. The molecule has 11 heteroatoms. The van der Waals surface area contributed by atoms with Crippen molar-refractivity contribution in [1.29, 1.82) is 0 Å². The second kappa shape index (κ2) is 10.4. The Morgan fingerprint density at radius 2 is 1.83 bits per heavy atom. The number of piperidine rings is 1. The molecule has 1 aliphatic carbocycles. The Morgan fingerprint density at radius 3 is 2.55 bits per heavy atom. The van der Waals surface area contributed by atoms with Crippen molar-refractivity contribution in [2.45, 2.75) is 63.2 Å². The molecule has 4 heterocycles. The van der Waals surface area contributed by atoms with E-state index in [1.165, 1.54) is 18.2 Å². The van der Waals surface area contributed by atoms with E-state index in [0.717, 1.165) is 25.7 Å². The molecule has 4 atom stereocenters. The number of halogens is 4. The summed E-state index contributed by atoms with van der Waals surface area (Å²) in [5.74, 6) is -1.35. The van der Waals surface area contributed by atoms with Crippen LogP contribution in [0.4, 0.5) is 19.0 Å². The summed E-state index contributed by atoms with van der Waals surface area (Å²) in [6, 6.07) is 4.49. The molecule has 1 saturated carbocycles. The fourth-order valence-electron chi connectivity index (χ4n) is 7.12. The van der Waals surface area contributed by atoms with Crippen molar-refractivity contribution in [2.75, 3.05) is 44.7 Å². The minimum Gasteiger partial charge on any atom is -0.508 e. The lowest BCUT2D eigenvalue weighted by Crippen LogP contribution is -2.51. The number of hydrogen-bond donors (Lipinski definition) is 2. The number of anilines is 1. The molecular weight excluding hydrogens is 567 g/mol. The van der Waals surface area contributed by atoms with Crippen molar-refractivity contribution in [1.82, 2.24) is 20.2 Å². The van der Waals surface area contributed by atoms with E-state index in [0.29, 0.717) is 44.0 Å². The van der Waals surface area contributed by atoms with Crippen molar-refractivity contribution >= 4 is 28.3 Å². The van der Waals surface area contributed by atoms with Crippen molar-refractivity contribution < 1.29 is 23.0 Å². The molecule has 224 valence electrons. The van der Waals surface area contributed by atoms with Gasteiger partial charge in [-0.25, -0.2) is 13.2 Å². The monoisotopic (exact) mass is 601 g/mol. The molecule has 0 radical (unpaired) electrons. The van der Waals surface area contributed by atoms with Gasteiger partial charge in [-0.15, -0.1) is 0 Å². The summed E-state index contributed by atoms with van der Waals surface area (Å²) in [5, 5.41) is 14.4. The average Bonchev–Trinajstić information content (AvgIpc) is 3.72. The molecule has 1 aromatic heterocycles. The van der Waals surface area contributed by atoms with Gasteiger partial charge >= 0.3 is 6.01 Å². The van der Waals surface area contributed by atoms with E-state index in [9.17, 15) is 5.11 Å². The first kappa shape index (κ1) is 28.0. The maximum absolute atomic E-state index is 16.6. The SMILES string of the molecule is CN1CCC(F)C(C)(COc2nc(N3C[C@H]4CC[C@@H](C3)N4)c3cc(F)c(-c4cc(O)cc(Cl)c4C4CC4)c(F)c3n2)C1. The number of phenols is 1. The van der Waals surface area contributed by atoms with E-state index in [1.54, 1.807) is 0 Å². The summed E-state index contributed by atoms with van der Waals surface area (Å²) in [7, 11) is 1.95. The Bertz CT molecular complexity index is 1540. The number of benzene rings is 2. The van der Waals surface area contributed by atoms with Crippen LogP contribution < -0.4 is 15.0 Å². The summed E-state index contributed by atoms with van der Waals surface area (Å²) in [4.78, 5) is 13.3. The van der Waals surface area contributed by atoms with Gasteiger partial charge < -0.3 is 25.0 Å². The van der Waals surface area contributed by atoms with Gasteiger partial charge in [-0.2, -0.15) is 9.97 Å². The smallest absolute Gasteiger partial charge is 0.319 e. The number of rotatable bonds is 6. The van der Waals surface area contributed by atoms with E-state index < -0.39 is 23.2 Å². The number of likely N-dealkylation sites (tertiary alicyclic amines) is 1. The van der Waals surface area contributed by atoms with Crippen LogP contribution in [0.15, 0.2) is 18.2 Å². The average molecular weight is 602 g/mol. The first-order valence-electron chi connectivity index (χ1n) is 14.8. The third kappa shape index (κ3) is 4.95. The van der Waals surface area contributed by atoms with Gasteiger partial charge in [0, 0.05) is 54.1 Å². The van der Waals surface area contributed by atoms with Crippen molar-refractivity contribution in [3.8, 4) is 22.9 Å². The molecule has 3 aliphatic heterocycles. The molecule has 3 saturated heterocycles. The van der Waals surface area contributed by atoms with Crippen LogP contribution in [-0.4, -0.2) is 78.1 Å². The maximum atomic E-state index is 16.6. The quantitative estimate of drug-likeness (QED) is 0.369. The van der Waals surface area contributed by atoms with Gasteiger partial charge in [-0.05, 0) is 74.4 Å². The molecule has 3 aromatic rings. The van der Waals surface area contributed by atoms with Crippen LogP contribution in [-0.2, 0) is 0 Å². The highest BCUT2D eigenvalue weighted by molar-refractivity contribution is 6.32. The van der Waals surface area contributed by atoms with E-state index in [4.69, 9.17) is 16.3 Å². The number of hydrogen-bond acceptors (Lipinski definition) is 7. The van der Waals surface area contributed by atoms with Gasteiger partial charge in [0.2, 0.25) is 0 Å². The lowest BCUT2D eigenvalue weighted by molar-refractivity contribution is -0.00844. The molecule has 2 aromatic carbocycles. The van der Waals surface area contributed by atoms with E-state index in [1.807, 2.05) is 18.9 Å². The predicted octanol–water partition coefficient (Wildman–Crippen LogP) is 5.81. The number of ether oxygens (including phenoxy) is 1. The molecule has 7 rings (SSSR count). The van der Waals surface area contributed by atoms with Gasteiger partial charge in [-0.3, -0.25) is 0 Å². The Hall–Kier alpha value is -2.82. The molecule has 4 fully saturated rings. The Balaban J connectivity index is 1.36. The van der Waals surface area contributed by atoms with Crippen molar-refractivity contribution in [2.24, 2.45) is 5.41 Å². The summed E-state index contributed by atoms with van der Waals surface area (Å²) < 4.78 is 53.7. The fraction of sp³-hybridized carbons (Fsp3) is 0.548. The number of aromatic hydroxyl groups is 1. The van der Waals surface area contributed by atoms with Crippen LogP contribution in [0.1, 0.15) is 50.5 Å². The Kier molecular flexibility index (Phi) is 6.94. The molecule has 0 spiro atoms. The first-order chi connectivity index (χ1) is 20.1. The van der Waals surface area contributed by atoms with Crippen molar-refractivity contribution in [3.63, 3.8) is 0 Å². The molecule has 42 heavy (non-hydrogen) atoms. The van der Waals surface area contributed by atoms with Crippen LogP contribution >= 0.6 is 11.6 Å². The van der Waals surface area contributed by atoms with E-state index >= 15 is 13.2 Å². The third-order valence-electron chi connectivity index (χ3n) is 9.41. The molecule has 2 unspecified atom stereocenters. The summed E-state index contributed by atoms with van der Waals surface area (Å²) in [5.41, 5.74) is -0.312. The fourth-order valence-corrected chi connectivity index (χ4v) is 7.49. The number of fused-ring (bicyclic) bond motifs is 3. The third-order valence-corrected chi connectivity index (χ3v) is 9.72. The largest absolute Gasteiger partial charge is 0.508 e. The lowest BCUT2D eigenvalue weighted by Gasteiger charge is -2.40. The van der Waals surface area contributed by atoms with Gasteiger partial charge in [0.1, 0.15) is 35.7 Å². The van der Waals surface area contributed by atoms with E-state index in [2.05, 4.69) is 20.2 Å².